The van der Waals surface area contributed by atoms with E-state index in [-0.39, 0.29) is 5.54 Å². The first-order chi connectivity index (χ1) is 7.00. The summed E-state index contributed by atoms with van der Waals surface area (Å²) in [6, 6.07) is 0.668. The standard InChI is InChI=1S/C13H26N2/c1-6-8-15-10-13(4,5)14-9-12(15)11(3)7-2/h6,11-12,14H,1,7-10H2,2-5H3. The van der Waals surface area contributed by atoms with Gasteiger partial charge in [0.25, 0.3) is 0 Å². The van der Waals surface area contributed by atoms with Crippen LogP contribution in [0.3, 0.4) is 0 Å². The highest BCUT2D eigenvalue weighted by Gasteiger charge is 2.33. The van der Waals surface area contributed by atoms with Crippen molar-refractivity contribution in [1.29, 1.82) is 0 Å². The molecule has 0 spiro atoms. The minimum atomic E-state index is 0.243. The van der Waals surface area contributed by atoms with E-state index >= 15 is 0 Å². The van der Waals surface area contributed by atoms with Crippen LogP contribution in [0, 0.1) is 5.92 Å². The van der Waals surface area contributed by atoms with Gasteiger partial charge in [0.15, 0.2) is 0 Å². The van der Waals surface area contributed by atoms with Crippen LogP contribution in [0.4, 0.5) is 0 Å². The average Bonchev–Trinajstić information content (AvgIpc) is 2.16. The smallest absolute Gasteiger partial charge is 0.0253 e. The summed E-state index contributed by atoms with van der Waals surface area (Å²) in [5.41, 5.74) is 0.243. The summed E-state index contributed by atoms with van der Waals surface area (Å²) in [6.45, 7) is 16.3. The van der Waals surface area contributed by atoms with Gasteiger partial charge in [-0.2, -0.15) is 0 Å². The van der Waals surface area contributed by atoms with E-state index < -0.39 is 0 Å². The monoisotopic (exact) mass is 210 g/mol. The molecule has 0 bridgehead atoms. The van der Waals surface area contributed by atoms with Crippen LogP contribution in [0.2, 0.25) is 0 Å². The fourth-order valence-electron chi connectivity index (χ4n) is 2.39. The average molecular weight is 210 g/mol. The molecule has 1 aliphatic heterocycles. The lowest BCUT2D eigenvalue weighted by Gasteiger charge is -2.46. The molecule has 0 saturated carbocycles. The molecule has 0 aromatic heterocycles. The van der Waals surface area contributed by atoms with Crippen molar-refractivity contribution in [2.75, 3.05) is 19.6 Å². The van der Waals surface area contributed by atoms with E-state index in [4.69, 9.17) is 0 Å². The van der Waals surface area contributed by atoms with Gasteiger partial charge < -0.3 is 5.32 Å². The van der Waals surface area contributed by atoms with E-state index in [1.165, 1.54) is 6.42 Å². The number of hydrogen-bond acceptors (Lipinski definition) is 2. The molecule has 2 nitrogen and oxygen atoms in total. The molecule has 15 heavy (non-hydrogen) atoms. The molecule has 1 aliphatic rings. The van der Waals surface area contributed by atoms with E-state index in [2.05, 4.69) is 44.5 Å². The van der Waals surface area contributed by atoms with Crippen LogP contribution in [0.15, 0.2) is 12.7 Å². The van der Waals surface area contributed by atoms with Crippen LogP contribution in [-0.2, 0) is 0 Å². The fourth-order valence-corrected chi connectivity index (χ4v) is 2.39. The third-order valence-electron chi connectivity index (χ3n) is 3.52. The lowest BCUT2D eigenvalue weighted by molar-refractivity contribution is 0.0745. The molecule has 0 radical (unpaired) electrons. The van der Waals surface area contributed by atoms with Gasteiger partial charge in [0.05, 0.1) is 0 Å². The molecule has 88 valence electrons. The van der Waals surface area contributed by atoms with Gasteiger partial charge in [-0.05, 0) is 19.8 Å². The lowest BCUT2D eigenvalue weighted by Crippen LogP contribution is -2.63. The molecule has 2 atom stereocenters. The Kier molecular flexibility index (Phi) is 4.35. The molecular formula is C13H26N2. The summed E-state index contributed by atoms with van der Waals surface area (Å²) in [5, 5.41) is 3.64. The van der Waals surface area contributed by atoms with Crippen molar-refractivity contribution in [2.24, 2.45) is 5.92 Å². The summed E-state index contributed by atoms with van der Waals surface area (Å²) in [4.78, 5) is 2.57. The number of nitrogens with one attached hydrogen (secondary N) is 1. The maximum atomic E-state index is 3.86. The second kappa shape index (κ2) is 5.13. The van der Waals surface area contributed by atoms with E-state index in [0.29, 0.717) is 6.04 Å². The van der Waals surface area contributed by atoms with E-state index in [1.54, 1.807) is 0 Å². The molecule has 0 aromatic rings. The maximum absolute atomic E-state index is 3.86. The van der Waals surface area contributed by atoms with Crippen molar-refractivity contribution in [3.8, 4) is 0 Å². The van der Waals surface area contributed by atoms with Crippen molar-refractivity contribution < 1.29 is 0 Å². The first-order valence-corrected chi connectivity index (χ1v) is 6.10. The van der Waals surface area contributed by atoms with Crippen molar-refractivity contribution in [3.05, 3.63) is 12.7 Å². The summed E-state index contributed by atoms with van der Waals surface area (Å²) < 4.78 is 0. The van der Waals surface area contributed by atoms with Crippen molar-refractivity contribution >= 4 is 0 Å². The SMILES string of the molecule is C=CCN1CC(C)(C)NCC1C(C)CC. The Labute approximate surface area is 94.7 Å². The number of hydrogen-bond donors (Lipinski definition) is 1. The zero-order valence-corrected chi connectivity index (χ0v) is 10.7. The highest BCUT2D eigenvalue weighted by molar-refractivity contribution is 4.95. The van der Waals surface area contributed by atoms with Crippen molar-refractivity contribution in [3.63, 3.8) is 0 Å². The van der Waals surface area contributed by atoms with E-state index in [0.717, 1.165) is 25.6 Å². The molecule has 0 amide bonds. The topological polar surface area (TPSA) is 15.3 Å². The maximum Gasteiger partial charge on any atom is 0.0253 e. The zero-order valence-electron chi connectivity index (χ0n) is 10.7. The summed E-state index contributed by atoms with van der Waals surface area (Å²) in [7, 11) is 0. The van der Waals surface area contributed by atoms with Crippen LogP contribution in [0.25, 0.3) is 0 Å². The first kappa shape index (κ1) is 12.7. The van der Waals surface area contributed by atoms with Crippen molar-refractivity contribution in [1.82, 2.24) is 10.2 Å². The molecular weight excluding hydrogens is 184 g/mol. The third kappa shape index (κ3) is 3.32. The molecule has 1 rings (SSSR count). The van der Waals surface area contributed by atoms with Crippen LogP contribution >= 0.6 is 0 Å². The van der Waals surface area contributed by atoms with Gasteiger partial charge in [0, 0.05) is 31.2 Å². The predicted octanol–water partition coefficient (Wildman–Crippen LogP) is 2.27. The normalized spacial score (nSPS) is 28.7. The minimum absolute atomic E-state index is 0.243. The Bertz CT molecular complexity index is 211. The van der Waals surface area contributed by atoms with Gasteiger partial charge in [-0.25, -0.2) is 0 Å². The molecule has 1 fully saturated rings. The largest absolute Gasteiger partial charge is 0.309 e. The predicted molar refractivity (Wildman–Crippen MR) is 67.1 cm³/mol. The van der Waals surface area contributed by atoms with Crippen LogP contribution < -0.4 is 5.32 Å². The Hall–Kier alpha value is -0.340. The van der Waals surface area contributed by atoms with Crippen LogP contribution in [0.5, 0.6) is 0 Å². The highest BCUT2D eigenvalue weighted by atomic mass is 15.2. The number of nitrogens with zero attached hydrogens (tertiary/aromatic N) is 1. The van der Waals surface area contributed by atoms with Crippen LogP contribution in [0.1, 0.15) is 34.1 Å². The lowest BCUT2D eigenvalue weighted by atomic mass is 9.91. The fraction of sp³-hybridized carbons (Fsp3) is 0.846. The summed E-state index contributed by atoms with van der Waals surface area (Å²) in [6.07, 6.45) is 3.27. The first-order valence-electron chi connectivity index (χ1n) is 6.10. The van der Waals surface area contributed by atoms with Gasteiger partial charge in [0.1, 0.15) is 0 Å². The molecule has 2 heteroatoms. The van der Waals surface area contributed by atoms with Gasteiger partial charge in [0.2, 0.25) is 0 Å². The van der Waals surface area contributed by atoms with Gasteiger partial charge in [-0.3, -0.25) is 4.90 Å². The Morgan fingerprint density at radius 1 is 1.60 bits per heavy atom. The summed E-state index contributed by atoms with van der Waals surface area (Å²) in [5.74, 6) is 0.758. The second-order valence-electron chi connectivity index (χ2n) is 5.44. The number of rotatable bonds is 4. The molecule has 1 saturated heterocycles. The van der Waals surface area contributed by atoms with Gasteiger partial charge in [-0.1, -0.05) is 26.3 Å². The van der Waals surface area contributed by atoms with E-state index in [9.17, 15) is 0 Å². The number of piperazine rings is 1. The molecule has 0 aromatic carbocycles. The molecule has 0 aliphatic carbocycles. The third-order valence-corrected chi connectivity index (χ3v) is 3.52. The molecule has 2 unspecified atom stereocenters. The zero-order chi connectivity index (χ0) is 11.5. The van der Waals surface area contributed by atoms with E-state index in [1.807, 2.05) is 6.08 Å². The second-order valence-corrected chi connectivity index (χ2v) is 5.44. The summed E-state index contributed by atoms with van der Waals surface area (Å²) >= 11 is 0. The van der Waals surface area contributed by atoms with Gasteiger partial charge in [-0.15, -0.1) is 6.58 Å². The van der Waals surface area contributed by atoms with Crippen molar-refractivity contribution in [2.45, 2.75) is 45.7 Å². The Morgan fingerprint density at radius 2 is 2.27 bits per heavy atom. The Morgan fingerprint density at radius 3 is 2.80 bits per heavy atom. The van der Waals surface area contributed by atoms with Gasteiger partial charge >= 0.3 is 0 Å². The van der Waals surface area contributed by atoms with Crippen LogP contribution in [-0.4, -0.2) is 36.1 Å². The molecule has 1 heterocycles. The Balaban J connectivity index is 2.66. The molecule has 1 N–H and O–H groups in total. The quantitative estimate of drug-likeness (QED) is 0.716. The minimum Gasteiger partial charge on any atom is -0.309 e. The highest BCUT2D eigenvalue weighted by Crippen LogP contribution is 2.21.